The molecule has 0 amide bonds. The fourth-order valence-corrected chi connectivity index (χ4v) is 1.94. The van der Waals surface area contributed by atoms with Gasteiger partial charge in [0.2, 0.25) is 0 Å². The van der Waals surface area contributed by atoms with Crippen LogP contribution in [0.4, 0.5) is 0 Å². The minimum absolute atomic E-state index is 0.334. The summed E-state index contributed by atoms with van der Waals surface area (Å²) in [6, 6.07) is 0. The zero-order valence-electron chi connectivity index (χ0n) is 10.0. The second-order valence-electron chi connectivity index (χ2n) is 4.66. The molecule has 0 bridgehead atoms. The highest BCUT2D eigenvalue weighted by atomic mass is 16.3. The summed E-state index contributed by atoms with van der Waals surface area (Å²) in [7, 11) is 0. The van der Waals surface area contributed by atoms with E-state index in [0.29, 0.717) is 18.3 Å². The largest absolute Gasteiger partial charge is 0.393 e. The van der Waals surface area contributed by atoms with Crippen LogP contribution < -0.4 is 0 Å². The van der Waals surface area contributed by atoms with E-state index in [2.05, 4.69) is 27.7 Å². The first-order chi connectivity index (χ1) is 6.51. The van der Waals surface area contributed by atoms with Gasteiger partial charge in [0, 0.05) is 0 Å². The standard InChI is InChI=1S/C12H26O2/c1-5-10(6-2)12(14)8-11(13)7-9(3)4/h9-14H,5-8H2,1-4H3. The van der Waals surface area contributed by atoms with E-state index in [1.165, 1.54) is 0 Å². The lowest BCUT2D eigenvalue weighted by Gasteiger charge is -2.23. The lowest BCUT2D eigenvalue weighted by molar-refractivity contribution is 0.0331. The summed E-state index contributed by atoms with van der Waals surface area (Å²) in [5.74, 6) is 0.843. The summed E-state index contributed by atoms with van der Waals surface area (Å²) in [6.45, 7) is 8.36. The van der Waals surface area contributed by atoms with E-state index < -0.39 is 0 Å². The molecule has 0 aromatic carbocycles. The maximum Gasteiger partial charge on any atom is 0.0592 e. The van der Waals surface area contributed by atoms with Crippen LogP contribution in [0.1, 0.15) is 53.4 Å². The Kier molecular flexibility index (Phi) is 7.20. The molecule has 2 N–H and O–H groups in total. The Balaban J connectivity index is 3.84. The van der Waals surface area contributed by atoms with E-state index in [-0.39, 0.29) is 12.2 Å². The van der Waals surface area contributed by atoms with Crippen LogP contribution in [-0.2, 0) is 0 Å². The minimum Gasteiger partial charge on any atom is -0.393 e. The third-order valence-electron chi connectivity index (χ3n) is 2.85. The molecule has 0 aliphatic rings. The number of aliphatic hydroxyl groups is 2. The van der Waals surface area contributed by atoms with Crippen molar-refractivity contribution in [2.24, 2.45) is 11.8 Å². The highest BCUT2D eigenvalue weighted by Crippen LogP contribution is 2.19. The van der Waals surface area contributed by atoms with Gasteiger partial charge in [-0.15, -0.1) is 0 Å². The molecule has 0 rings (SSSR count). The Labute approximate surface area is 88.3 Å². The van der Waals surface area contributed by atoms with Crippen molar-refractivity contribution in [3.8, 4) is 0 Å². The third-order valence-corrected chi connectivity index (χ3v) is 2.85. The third kappa shape index (κ3) is 5.61. The van der Waals surface area contributed by atoms with E-state index in [0.717, 1.165) is 19.3 Å². The zero-order valence-corrected chi connectivity index (χ0v) is 10.0. The van der Waals surface area contributed by atoms with Gasteiger partial charge in [0.25, 0.3) is 0 Å². The predicted octanol–water partition coefficient (Wildman–Crippen LogP) is 2.58. The Hall–Kier alpha value is -0.0800. The fourth-order valence-electron chi connectivity index (χ4n) is 1.94. The normalized spacial score (nSPS) is 16.3. The molecule has 0 radical (unpaired) electrons. The highest BCUT2D eigenvalue weighted by molar-refractivity contribution is 4.71. The SMILES string of the molecule is CCC(CC)C(O)CC(O)CC(C)C. The molecule has 2 nitrogen and oxygen atoms in total. The molecule has 2 atom stereocenters. The van der Waals surface area contributed by atoms with E-state index in [1.54, 1.807) is 0 Å². The summed E-state index contributed by atoms with van der Waals surface area (Å²) in [6.07, 6.45) is 2.63. The number of rotatable bonds is 7. The molecule has 0 aliphatic carbocycles. The summed E-state index contributed by atoms with van der Waals surface area (Å²) in [4.78, 5) is 0. The van der Waals surface area contributed by atoms with Gasteiger partial charge in [-0.05, 0) is 24.7 Å². The smallest absolute Gasteiger partial charge is 0.0592 e. The summed E-state index contributed by atoms with van der Waals surface area (Å²) in [5.41, 5.74) is 0. The molecule has 0 aromatic rings. The highest BCUT2D eigenvalue weighted by Gasteiger charge is 2.19. The van der Waals surface area contributed by atoms with Crippen molar-refractivity contribution < 1.29 is 10.2 Å². The number of aliphatic hydroxyl groups excluding tert-OH is 2. The molecule has 14 heavy (non-hydrogen) atoms. The Morgan fingerprint density at radius 1 is 0.929 bits per heavy atom. The molecular weight excluding hydrogens is 176 g/mol. The van der Waals surface area contributed by atoms with Gasteiger partial charge in [0.15, 0.2) is 0 Å². The van der Waals surface area contributed by atoms with Gasteiger partial charge < -0.3 is 10.2 Å². The van der Waals surface area contributed by atoms with E-state index in [1.807, 2.05) is 0 Å². The molecule has 0 aliphatic heterocycles. The second-order valence-corrected chi connectivity index (χ2v) is 4.66. The van der Waals surface area contributed by atoms with Crippen LogP contribution in [-0.4, -0.2) is 22.4 Å². The van der Waals surface area contributed by atoms with Crippen molar-refractivity contribution >= 4 is 0 Å². The van der Waals surface area contributed by atoms with Crippen LogP contribution in [0, 0.1) is 11.8 Å². The topological polar surface area (TPSA) is 40.5 Å². The van der Waals surface area contributed by atoms with Crippen molar-refractivity contribution in [1.82, 2.24) is 0 Å². The van der Waals surface area contributed by atoms with Crippen LogP contribution in [0.2, 0.25) is 0 Å². The molecule has 0 saturated carbocycles. The van der Waals surface area contributed by atoms with Gasteiger partial charge in [-0.25, -0.2) is 0 Å². The number of hydrogen-bond acceptors (Lipinski definition) is 2. The average Bonchev–Trinajstić information content (AvgIpc) is 2.04. The molecular formula is C12H26O2. The van der Waals surface area contributed by atoms with Gasteiger partial charge in [-0.1, -0.05) is 40.5 Å². The second kappa shape index (κ2) is 7.24. The molecule has 0 aromatic heterocycles. The fraction of sp³-hybridized carbons (Fsp3) is 1.00. The monoisotopic (exact) mass is 202 g/mol. The quantitative estimate of drug-likeness (QED) is 0.666. The van der Waals surface area contributed by atoms with Crippen molar-refractivity contribution in [2.75, 3.05) is 0 Å². The first kappa shape index (κ1) is 13.9. The lowest BCUT2D eigenvalue weighted by atomic mass is 9.90. The Morgan fingerprint density at radius 3 is 1.79 bits per heavy atom. The van der Waals surface area contributed by atoms with E-state index in [4.69, 9.17) is 0 Å². The van der Waals surface area contributed by atoms with Crippen LogP contribution in [0.25, 0.3) is 0 Å². The predicted molar refractivity (Wildman–Crippen MR) is 60.2 cm³/mol. The van der Waals surface area contributed by atoms with E-state index in [9.17, 15) is 10.2 Å². The molecule has 0 heterocycles. The zero-order chi connectivity index (χ0) is 11.1. The van der Waals surface area contributed by atoms with Crippen LogP contribution in [0.15, 0.2) is 0 Å². The average molecular weight is 202 g/mol. The molecule has 0 spiro atoms. The summed E-state index contributed by atoms with van der Waals surface area (Å²) < 4.78 is 0. The first-order valence-corrected chi connectivity index (χ1v) is 5.87. The Bertz CT molecular complexity index is 130. The van der Waals surface area contributed by atoms with Crippen molar-refractivity contribution in [2.45, 2.75) is 65.6 Å². The summed E-state index contributed by atoms with van der Waals surface area (Å²) >= 11 is 0. The van der Waals surface area contributed by atoms with Gasteiger partial charge in [-0.3, -0.25) is 0 Å². The Morgan fingerprint density at radius 2 is 1.43 bits per heavy atom. The van der Waals surface area contributed by atoms with Gasteiger partial charge >= 0.3 is 0 Å². The van der Waals surface area contributed by atoms with E-state index >= 15 is 0 Å². The lowest BCUT2D eigenvalue weighted by Crippen LogP contribution is -2.25. The van der Waals surface area contributed by atoms with Crippen LogP contribution in [0.3, 0.4) is 0 Å². The van der Waals surface area contributed by atoms with Crippen molar-refractivity contribution in [1.29, 1.82) is 0 Å². The van der Waals surface area contributed by atoms with Gasteiger partial charge in [0.1, 0.15) is 0 Å². The summed E-state index contributed by atoms with van der Waals surface area (Å²) in [5, 5.41) is 19.5. The minimum atomic E-state index is -0.342. The number of hydrogen-bond donors (Lipinski definition) is 2. The maximum absolute atomic E-state index is 9.83. The van der Waals surface area contributed by atoms with Crippen LogP contribution >= 0.6 is 0 Å². The first-order valence-electron chi connectivity index (χ1n) is 5.87. The van der Waals surface area contributed by atoms with Crippen LogP contribution in [0.5, 0.6) is 0 Å². The molecule has 0 saturated heterocycles. The van der Waals surface area contributed by atoms with Gasteiger partial charge in [-0.2, -0.15) is 0 Å². The molecule has 86 valence electrons. The van der Waals surface area contributed by atoms with Crippen molar-refractivity contribution in [3.63, 3.8) is 0 Å². The molecule has 2 heteroatoms. The molecule has 0 fully saturated rings. The molecule has 2 unspecified atom stereocenters. The van der Waals surface area contributed by atoms with Crippen molar-refractivity contribution in [3.05, 3.63) is 0 Å². The van der Waals surface area contributed by atoms with Gasteiger partial charge in [0.05, 0.1) is 12.2 Å². The maximum atomic E-state index is 9.83.